The monoisotopic (exact) mass is 508 g/mol. The molecule has 0 unspecified atom stereocenters. The molecule has 0 atom stereocenters. The van der Waals surface area contributed by atoms with Gasteiger partial charge in [0.2, 0.25) is 0 Å². The van der Waals surface area contributed by atoms with E-state index in [2.05, 4.69) is 39.3 Å². The first-order valence-corrected chi connectivity index (χ1v) is 9.80. The largest absolute Gasteiger partial charge is 0.493 e. The summed E-state index contributed by atoms with van der Waals surface area (Å²) in [5, 5.41) is 4.82. The Morgan fingerprint density at radius 1 is 1.14 bits per heavy atom. The molecule has 0 aromatic heterocycles. The number of methoxy groups -OCH3 is 1. The number of ether oxygens (including phenoxy) is 2. The molecule has 2 amide bonds. The lowest BCUT2D eigenvalue weighted by Crippen LogP contribution is -2.51. The first-order chi connectivity index (χ1) is 13.4. The van der Waals surface area contributed by atoms with E-state index in [1.54, 1.807) is 13.2 Å². The summed E-state index contributed by atoms with van der Waals surface area (Å²) in [4.78, 5) is 24.1. The van der Waals surface area contributed by atoms with Gasteiger partial charge in [-0.15, -0.1) is 0 Å². The standard InChI is InChI=1S/C20H17IN2O4S/c1-11-4-3-5-12(6-11)10-27-17-15(21)8-13(9-16(17)26-2)7-14-18(24)22-20(28)23-19(14)25/h3-9H,10H2,1-2H3,(H2,22,23,24,25,28). The van der Waals surface area contributed by atoms with Crippen LogP contribution in [0.5, 0.6) is 11.5 Å². The minimum atomic E-state index is -0.539. The highest BCUT2D eigenvalue weighted by atomic mass is 127. The number of benzene rings is 2. The fourth-order valence-electron chi connectivity index (χ4n) is 2.69. The van der Waals surface area contributed by atoms with Gasteiger partial charge in [0.1, 0.15) is 12.2 Å². The van der Waals surface area contributed by atoms with Crippen LogP contribution in [-0.2, 0) is 16.2 Å². The van der Waals surface area contributed by atoms with Gasteiger partial charge in [0, 0.05) is 0 Å². The summed E-state index contributed by atoms with van der Waals surface area (Å²) >= 11 is 6.94. The summed E-state index contributed by atoms with van der Waals surface area (Å²) < 4.78 is 12.2. The quantitative estimate of drug-likeness (QED) is 0.281. The van der Waals surface area contributed by atoms with Crippen LogP contribution in [0.1, 0.15) is 16.7 Å². The predicted molar refractivity (Wildman–Crippen MR) is 118 cm³/mol. The number of hydrogen-bond donors (Lipinski definition) is 2. The van der Waals surface area contributed by atoms with E-state index in [0.717, 1.165) is 14.7 Å². The van der Waals surface area contributed by atoms with Crippen LogP contribution < -0.4 is 20.1 Å². The summed E-state index contributed by atoms with van der Waals surface area (Å²) in [6.45, 7) is 2.43. The highest BCUT2D eigenvalue weighted by Crippen LogP contribution is 2.35. The molecule has 1 heterocycles. The van der Waals surface area contributed by atoms with Gasteiger partial charge in [-0.3, -0.25) is 20.2 Å². The van der Waals surface area contributed by atoms with Crippen LogP contribution in [0, 0.1) is 10.5 Å². The second-order valence-corrected chi connectivity index (χ2v) is 7.68. The lowest BCUT2D eigenvalue weighted by molar-refractivity contribution is -0.123. The summed E-state index contributed by atoms with van der Waals surface area (Å²) in [6, 6.07) is 11.6. The fraction of sp³-hybridized carbons (Fsp3) is 0.150. The third kappa shape index (κ3) is 4.68. The van der Waals surface area contributed by atoms with Gasteiger partial charge in [-0.05, 0) is 71.1 Å². The van der Waals surface area contributed by atoms with Gasteiger partial charge in [0.15, 0.2) is 16.6 Å². The maximum Gasteiger partial charge on any atom is 0.263 e. The highest BCUT2D eigenvalue weighted by molar-refractivity contribution is 14.1. The minimum Gasteiger partial charge on any atom is -0.493 e. The molecular formula is C20H17IN2O4S. The average Bonchev–Trinajstić information content (AvgIpc) is 2.63. The van der Waals surface area contributed by atoms with Crippen molar-refractivity contribution in [3.05, 3.63) is 62.2 Å². The average molecular weight is 508 g/mol. The number of aryl methyl sites for hydroxylation is 1. The van der Waals surface area contributed by atoms with Crippen LogP contribution in [0.25, 0.3) is 6.08 Å². The second-order valence-electron chi connectivity index (χ2n) is 6.11. The number of halogens is 1. The normalized spacial score (nSPS) is 13.7. The van der Waals surface area contributed by atoms with Crippen LogP contribution in [-0.4, -0.2) is 24.0 Å². The Hall–Kier alpha value is -2.46. The third-order valence-electron chi connectivity index (χ3n) is 3.97. The molecule has 0 aliphatic carbocycles. The lowest BCUT2D eigenvalue weighted by Gasteiger charge is -2.17. The summed E-state index contributed by atoms with van der Waals surface area (Å²) in [6.07, 6.45) is 1.49. The number of amides is 2. The molecular weight excluding hydrogens is 491 g/mol. The minimum absolute atomic E-state index is 0.000734. The zero-order valence-electron chi connectivity index (χ0n) is 15.2. The zero-order valence-corrected chi connectivity index (χ0v) is 18.1. The molecule has 1 saturated heterocycles. The van der Waals surface area contributed by atoms with Crippen molar-refractivity contribution < 1.29 is 19.1 Å². The molecule has 0 bridgehead atoms. The Balaban J connectivity index is 1.87. The van der Waals surface area contributed by atoms with E-state index in [4.69, 9.17) is 21.7 Å². The van der Waals surface area contributed by atoms with E-state index in [1.807, 2.05) is 31.2 Å². The Morgan fingerprint density at radius 2 is 1.86 bits per heavy atom. The molecule has 3 rings (SSSR count). The van der Waals surface area contributed by atoms with Gasteiger partial charge in [0.05, 0.1) is 10.7 Å². The summed E-state index contributed by atoms with van der Waals surface area (Å²) in [5.74, 6) is 0.0361. The van der Waals surface area contributed by atoms with Crippen LogP contribution in [0.4, 0.5) is 0 Å². The zero-order chi connectivity index (χ0) is 20.3. The molecule has 8 heteroatoms. The van der Waals surface area contributed by atoms with Crippen molar-refractivity contribution in [1.82, 2.24) is 10.6 Å². The van der Waals surface area contributed by atoms with Gasteiger partial charge >= 0.3 is 0 Å². The van der Waals surface area contributed by atoms with Crippen LogP contribution in [0.2, 0.25) is 0 Å². The fourth-order valence-corrected chi connectivity index (χ4v) is 3.66. The Morgan fingerprint density at radius 3 is 2.50 bits per heavy atom. The molecule has 144 valence electrons. The molecule has 6 nitrogen and oxygen atoms in total. The Bertz CT molecular complexity index is 982. The third-order valence-corrected chi connectivity index (χ3v) is 4.98. The number of rotatable bonds is 5. The molecule has 0 saturated carbocycles. The number of thiocarbonyl (C=S) groups is 1. The van der Waals surface area contributed by atoms with E-state index in [1.165, 1.54) is 6.08 Å². The van der Waals surface area contributed by atoms with Crippen LogP contribution in [0.3, 0.4) is 0 Å². The van der Waals surface area contributed by atoms with Crippen molar-refractivity contribution in [2.24, 2.45) is 0 Å². The lowest BCUT2D eigenvalue weighted by atomic mass is 10.1. The molecule has 1 aliphatic rings. The van der Waals surface area contributed by atoms with Gasteiger partial charge in [-0.1, -0.05) is 29.8 Å². The number of hydrogen-bond acceptors (Lipinski definition) is 5. The maximum absolute atomic E-state index is 12.0. The van der Waals surface area contributed by atoms with Crippen molar-refractivity contribution in [2.45, 2.75) is 13.5 Å². The number of carbonyl (C=O) groups excluding carboxylic acids is 2. The molecule has 1 aliphatic heterocycles. The molecule has 2 N–H and O–H groups in total. The molecule has 0 spiro atoms. The topological polar surface area (TPSA) is 76.7 Å². The van der Waals surface area contributed by atoms with E-state index >= 15 is 0 Å². The van der Waals surface area contributed by atoms with Gasteiger partial charge in [-0.25, -0.2) is 0 Å². The Kier molecular flexibility index (Phi) is 6.30. The molecule has 0 radical (unpaired) electrons. The number of carbonyl (C=O) groups is 2. The van der Waals surface area contributed by atoms with Gasteiger partial charge in [-0.2, -0.15) is 0 Å². The van der Waals surface area contributed by atoms with Crippen LogP contribution in [0.15, 0.2) is 42.0 Å². The predicted octanol–water partition coefficient (Wildman–Crippen LogP) is 3.10. The van der Waals surface area contributed by atoms with Gasteiger partial charge in [0.25, 0.3) is 11.8 Å². The molecule has 2 aromatic rings. The molecule has 1 fully saturated rings. The van der Waals surface area contributed by atoms with Crippen molar-refractivity contribution in [3.8, 4) is 11.5 Å². The van der Waals surface area contributed by atoms with E-state index in [-0.39, 0.29) is 10.7 Å². The first-order valence-electron chi connectivity index (χ1n) is 8.31. The molecule has 2 aromatic carbocycles. The van der Waals surface area contributed by atoms with Crippen molar-refractivity contribution in [3.63, 3.8) is 0 Å². The van der Waals surface area contributed by atoms with E-state index < -0.39 is 11.8 Å². The van der Waals surface area contributed by atoms with Crippen molar-refractivity contribution in [1.29, 1.82) is 0 Å². The second kappa shape index (κ2) is 8.70. The highest BCUT2D eigenvalue weighted by Gasteiger charge is 2.26. The molecule has 28 heavy (non-hydrogen) atoms. The number of nitrogens with one attached hydrogen (secondary N) is 2. The van der Waals surface area contributed by atoms with Crippen molar-refractivity contribution >= 4 is 57.8 Å². The van der Waals surface area contributed by atoms with Gasteiger partial charge < -0.3 is 9.47 Å². The van der Waals surface area contributed by atoms with E-state index in [9.17, 15) is 9.59 Å². The summed E-state index contributed by atoms with van der Waals surface area (Å²) in [7, 11) is 1.54. The first kappa shape index (κ1) is 20.3. The summed E-state index contributed by atoms with van der Waals surface area (Å²) in [5.41, 5.74) is 2.82. The van der Waals surface area contributed by atoms with E-state index in [0.29, 0.717) is 23.7 Å². The SMILES string of the molecule is COc1cc(C=C2C(=O)NC(=S)NC2=O)cc(I)c1OCc1cccc(C)c1. The maximum atomic E-state index is 12.0. The van der Waals surface area contributed by atoms with Crippen molar-refractivity contribution in [2.75, 3.05) is 7.11 Å². The smallest absolute Gasteiger partial charge is 0.263 e. The van der Waals surface area contributed by atoms with Crippen LogP contribution >= 0.6 is 34.8 Å². The Labute approximate surface area is 181 Å².